The highest BCUT2D eigenvalue weighted by Gasteiger charge is 2.16. The van der Waals surface area contributed by atoms with Crippen molar-refractivity contribution in [3.05, 3.63) is 70.4 Å². The van der Waals surface area contributed by atoms with Gasteiger partial charge in [0.2, 0.25) is 0 Å². The maximum atomic E-state index is 6.01. The number of likely N-dealkylation sites (N-methyl/N-ethyl adjacent to an activating group) is 1. The largest absolute Gasteiger partial charge is 0.492 e. The van der Waals surface area contributed by atoms with E-state index in [1.807, 2.05) is 48.3 Å². The fourth-order valence-electron chi connectivity index (χ4n) is 3.32. The summed E-state index contributed by atoms with van der Waals surface area (Å²) in [5, 5.41) is 6.21. The molecule has 0 aliphatic rings. The lowest BCUT2D eigenvalue weighted by atomic mass is 10.2. The number of benzene rings is 2. The maximum Gasteiger partial charge on any atom is 0.269 e. The Labute approximate surface area is 208 Å². The summed E-state index contributed by atoms with van der Waals surface area (Å²) in [7, 11) is 2.70. The van der Waals surface area contributed by atoms with Crippen molar-refractivity contribution in [3.8, 4) is 11.5 Å². The Kier molecular flexibility index (Phi) is 8.70. The minimum Gasteiger partial charge on any atom is -0.492 e. The Balaban J connectivity index is 1.52. The summed E-state index contributed by atoms with van der Waals surface area (Å²) < 4.78 is 12.0. The van der Waals surface area contributed by atoms with E-state index >= 15 is 0 Å². The fraction of sp³-hybridized carbons (Fsp3) is 0.346. The van der Waals surface area contributed by atoms with Crippen LogP contribution in [-0.2, 0) is 6.54 Å². The summed E-state index contributed by atoms with van der Waals surface area (Å²) in [6, 6.07) is 16.2. The average molecular weight is 499 g/mol. The van der Waals surface area contributed by atoms with Gasteiger partial charge in [-0.05, 0) is 72.3 Å². The van der Waals surface area contributed by atoms with Crippen molar-refractivity contribution >= 4 is 47.7 Å². The molecule has 0 bridgehead atoms. The molecule has 0 radical (unpaired) electrons. The number of rotatable bonds is 9. The number of aryl methyl sites for hydroxylation is 1. The molecule has 7 heteroatoms. The predicted octanol–water partition coefficient (Wildman–Crippen LogP) is 5.91. The van der Waals surface area contributed by atoms with E-state index in [9.17, 15) is 0 Å². The van der Waals surface area contributed by atoms with Gasteiger partial charge in [-0.1, -0.05) is 43.0 Å². The smallest absolute Gasteiger partial charge is 0.269 e. The highest BCUT2D eigenvalue weighted by atomic mass is 32.1. The van der Waals surface area contributed by atoms with E-state index in [4.69, 9.17) is 21.7 Å². The summed E-state index contributed by atoms with van der Waals surface area (Å²) in [5.74, 6) is 1.58. The summed E-state index contributed by atoms with van der Waals surface area (Å²) in [6.45, 7) is 11.6. The monoisotopic (exact) mass is 498 g/mol. The number of nitrogens with zero attached hydrogens (tertiary/aromatic N) is 2. The quantitative estimate of drug-likeness (QED) is 0.270. The molecular formula is C26H34N2O2S2Si. The van der Waals surface area contributed by atoms with Gasteiger partial charge in [-0.2, -0.15) is 11.3 Å². The predicted molar refractivity (Wildman–Crippen MR) is 148 cm³/mol. The average Bonchev–Trinajstić information content (AvgIpc) is 3.17. The second kappa shape index (κ2) is 11.3. The molecule has 33 heavy (non-hydrogen) atoms. The Morgan fingerprint density at radius 3 is 2.36 bits per heavy atom. The van der Waals surface area contributed by atoms with E-state index in [1.165, 1.54) is 16.3 Å². The van der Waals surface area contributed by atoms with Gasteiger partial charge < -0.3 is 14.4 Å². The molecule has 0 atom stereocenters. The molecular weight excluding hydrogens is 465 g/mol. The van der Waals surface area contributed by atoms with E-state index in [0.29, 0.717) is 11.8 Å². The van der Waals surface area contributed by atoms with Crippen LogP contribution in [0.5, 0.6) is 11.5 Å². The molecule has 0 saturated carbocycles. The molecule has 176 valence electrons. The number of hydrogen-bond acceptors (Lipinski definition) is 5. The number of thiocarbonyl (C=S) groups is 1. The molecule has 4 nitrogen and oxygen atoms in total. The number of hydrogen-bond donors (Lipinski definition) is 0. The molecule has 0 saturated heterocycles. The molecule has 0 fully saturated rings. The van der Waals surface area contributed by atoms with Crippen LogP contribution in [-0.4, -0.2) is 45.4 Å². The van der Waals surface area contributed by atoms with Crippen molar-refractivity contribution in [1.82, 2.24) is 4.90 Å². The topological polar surface area (TPSA) is 24.9 Å². The highest BCUT2D eigenvalue weighted by Crippen LogP contribution is 2.22. The number of thiophene rings is 1. The summed E-state index contributed by atoms with van der Waals surface area (Å²) >= 11 is 7.30. The van der Waals surface area contributed by atoms with Gasteiger partial charge in [-0.25, -0.2) is 0 Å². The van der Waals surface area contributed by atoms with Gasteiger partial charge in [0.1, 0.15) is 18.1 Å². The molecule has 2 aromatic carbocycles. The first-order valence-electron chi connectivity index (χ1n) is 11.1. The van der Waals surface area contributed by atoms with E-state index in [0.717, 1.165) is 30.3 Å². The van der Waals surface area contributed by atoms with Crippen LogP contribution in [0.4, 0.5) is 5.69 Å². The lowest BCUT2D eigenvalue weighted by Gasteiger charge is -2.22. The van der Waals surface area contributed by atoms with E-state index in [2.05, 4.69) is 61.4 Å². The van der Waals surface area contributed by atoms with Crippen molar-refractivity contribution in [2.24, 2.45) is 0 Å². The number of anilines is 1. The van der Waals surface area contributed by atoms with Gasteiger partial charge in [-0.15, -0.1) is 0 Å². The van der Waals surface area contributed by atoms with Crippen LogP contribution < -0.4 is 19.6 Å². The molecule has 1 heterocycles. The van der Waals surface area contributed by atoms with E-state index in [-0.39, 0.29) is 0 Å². The zero-order chi connectivity index (χ0) is 24.0. The van der Waals surface area contributed by atoms with Crippen LogP contribution in [0, 0.1) is 6.92 Å². The zero-order valence-corrected chi connectivity index (χ0v) is 23.1. The standard InChI is InChI=1S/C26H34N2O2S2Si/c1-20-18-32-19-21(20)17-27(2)14-15-29-24-9-7-8-22(16-24)28(3)26(31)30-23-10-12-25(13-11-23)33(4,5)6/h7-13,16,18-19H,14-15,17H2,1-6H3. The van der Waals surface area contributed by atoms with Crippen molar-refractivity contribution in [2.75, 3.05) is 32.1 Å². The van der Waals surface area contributed by atoms with Gasteiger partial charge in [0, 0.05) is 31.9 Å². The normalized spacial score (nSPS) is 11.5. The third-order valence-electron chi connectivity index (χ3n) is 5.55. The second-order valence-corrected chi connectivity index (χ2v) is 15.5. The molecule has 0 aliphatic heterocycles. The fourth-order valence-corrected chi connectivity index (χ4v) is 5.53. The third-order valence-corrected chi connectivity index (χ3v) is 8.88. The van der Waals surface area contributed by atoms with E-state index in [1.54, 1.807) is 11.3 Å². The zero-order valence-electron chi connectivity index (χ0n) is 20.4. The first kappa shape index (κ1) is 25.4. The van der Waals surface area contributed by atoms with Crippen molar-refractivity contribution < 1.29 is 9.47 Å². The van der Waals surface area contributed by atoms with Gasteiger partial charge >= 0.3 is 0 Å². The van der Waals surface area contributed by atoms with Crippen molar-refractivity contribution in [3.63, 3.8) is 0 Å². The lowest BCUT2D eigenvalue weighted by molar-refractivity contribution is 0.233. The van der Waals surface area contributed by atoms with Gasteiger partial charge in [0.25, 0.3) is 5.17 Å². The van der Waals surface area contributed by atoms with Crippen molar-refractivity contribution in [1.29, 1.82) is 0 Å². The first-order chi connectivity index (χ1) is 15.6. The van der Waals surface area contributed by atoms with E-state index < -0.39 is 8.07 Å². The van der Waals surface area contributed by atoms with Gasteiger partial charge in [0.15, 0.2) is 0 Å². The molecule has 0 unspecified atom stereocenters. The molecule has 0 amide bonds. The third kappa shape index (κ3) is 7.40. The van der Waals surface area contributed by atoms with Crippen LogP contribution in [0.2, 0.25) is 19.6 Å². The Morgan fingerprint density at radius 2 is 1.73 bits per heavy atom. The minimum atomic E-state index is -1.33. The second-order valence-electron chi connectivity index (χ2n) is 9.37. The van der Waals surface area contributed by atoms with Crippen LogP contribution in [0.3, 0.4) is 0 Å². The summed E-state index contributed by atoms with van der Waals surface area (Å²) in [5.41, 5.74) is 3.67. The van der Waals surface area contributed by atoms with Gasteiger partial charge in [-0.3, -0.25) is 4.90 Å². The van der Waals surface area contributed by atoms with Crippen LogP contribution >= 0.6 is 23.6 Å². The molecule has 0 aliphatic carbocycles. The van der Waals surface area contributed by atoms with Crippen LogP contribution in [0.25, 0.3) is 0 Å². The highest BCUT2D eigenvalue weighted by molar-refractivity contribution is 7.80. The maximum absolute atomic E-state index is 6.01. The lowest BCUT2D eigenvalue weighted by Crippen LogP contribution is -2.37. The molecule has 0 N–H and O–H groups in total. The van der Waals surface area contributed by atoms with Gasteiger partial charge in [0.05, 0.1) is 8.07 Å². The molecule has 0 spiro atoms. The Hall–Kier alpha value is -2.19. The SMILES string of the molecule is Cc1cscc1CN(C)CCOc1cccc(N(C)C(=S)Oc2ccc([Si](C)(C)C)cc2)c1. The molecule has 3 rings (SSSR count). The molecule has 3 aromatic rings. The Morgan fingerprint density at radius 1 is 1.00 bits per heavy atom. The summed E-state index contributed by atoms with van der Waals surface area (Å²) in [6.07, 6.45) is 0. The molecule has 1 aromatic heterocycles. The van der Waals surface area contributed by atoms with Crippen LogP contribution in [0.15, 0.2) is 59.3 Å². The Bertz CT molecular complexity index is 1060. The number of ether oxygens (including phenoxy) is 2. The van der Waals surface area contributed by atoms with Crippen LogP contribution in [0.1, 0.15) is 11.1 Å². The first-order valence-corrected chi connectivity index (χ1v) is 16.0. The summed E-state index contributed by atoms with van der Waals surface area (Å²) in [4.78, 5) is 4.14. The van der Waals surface area contributed by atoms with Crippen molar-refractivity contribution in [2.45, 2.75) is 33.1 Å². The minimum absolute atomic E-state index is 0.402.